The molecular weight excluding hydrogens is 492 g/mol. The van der Waals surface area contributed by atoms with Crippen LogP contribution in [0.5, 0.6) is 0 Å². The molecule has 36 heavy (non-hydrogen) atoms. The van der Waals surface area contributed by atoms with Gasteiger partial charge in [-0.15, -0.1) is 0 Å². The van der Waals surface area contributed by atoms with Crippen molar-refractivity contribution < 1.29 is 31.4 Å². The standard InChI is InChI=1S/C27H58O7Si2/c1-9-26(35(29-3,30-4)31-5)23-19-15-11-13-17-21-25(28)22-18-14-12-16-20-24-27(10-2)36(32-6,33-7)34-8/h26-27H,9-24H2,1-8H3. The Morgan fingerprint density at radius 3 is 1.06 bits per heavy atom. The molecule has 0 amide bonds. The fraction of sp³-hybridized carbons (Fsp3) is 0.963. The molecular formula is C27H58O7Si2. The van der Waals surface area contributed by atoms with Gasteiger partial charge >= 0.3 is 17.6 Å². The average Bonchev–Trinajstić information content (AvgIpc) is 2.91. The number of carbonyl (C=O) groups is 1. The third-order valence-electron chi connectivity index (χ3n) is 7.71. The van der Waals surface area contributed by atoms with Gasteiger partial charge in [0.15, 0.2) is 0 Å². The summed E-state index contributed by atoms with van der Waals surface area (Å²) in [5.74, 6) is 0.430. The molecule has 0 N–H and O–H groups in total. The Balaban J connectivity index is 3.85. The zero-order valence-electron chi connectivity index (χ0n) is 24.8. The summed E-state index contributed by atoms with van der Waals surface area (Å²) in [6, 6.07) is 0. The first-order valence-corrected chi connectivity index (χ1v) is 17.8. The normalized spacial score (nSPS) is 14.2. The van der Waals surface area contributed by atoms with Crippen molar-refractivity contribution in [3.63, 3.8) is 0 Å². The number of ketones is 1. The Bertz CT molecular complexity index is 468. The second-order valence-corrected chi connectivity index (χ2v) is 16.3. The second kappa shape index (κ2) is 21.8. The van der Waals surface area contributed by atoms with Gasteiger partial charge in [-0.05, 0) is 38.5 Å². The Morgan fingerprint density at radius 1 is 0.500 bits per heavy atom. The molecule has 216 valence electrons. The van der Waals surface area contributed by atoms with E-state index in [9.17, 15) is 4.79 Å². The molecule has 0 radical (unpaired) electrons. The van der Waals surface area contributed by atoms with Gasteiger partial charge in [0, 0.05) is 66.6 Å². The number of unbranched alkanes of at least 4 members (excludes halogenated alkanes) is 8. The molecule has 0 fully saturated rings. The van der Waals surface area contributed by atoms with Crippen molar-refractivity contribution in [3.8, 4) is 0 Å². The van der Waals surface area contributed by atoms with E-state index in [0.29, 0.717) is 16.9 Å². The highest BCUT2D eigenvalue weighted by atomic mass is 28.4. The Labute approximate surface area is 225 Å². The van der Waals surface area contributed by atoms with Crippen LogP contribution in [0.2, 0.25) is 11.1 Å². The predicted molar refractivity (Wildman–Crippen MR) is 151 cm³/mol. The van der Waals surface area contributed by atoms with E-state index >= 15 is 0 Å². The Hall–Kier alpha value is -0.136. The van der Waals surface area contributed by atoms with Gasteiger partial charge in [0.1, 0.15) is 5.78 Å². The molecule has 0 saturated heterocycles. The molecule has 0 heterocycles. The number of hydrogen-bond acceptors (Lipinski definition) is 7. The average molecular weight is 551 g/mol. The third kappa shape index (κ3) is 12.6. The van der Waals surface area contributed by atoms with E-state index in [1.54, 1.807) is 42.7 Å². The van der Waals surface area contributed by atoms with Crippen LogP contribution in [0.1, 0.15) is 117 Å². The molecule has 0 aliphatic carbocycles. The minimum absolute atomic E-state index is 0.351. The van der Waals surface area contributed by atoms with Crippen molar-refractivity contribution in [2.45, 2.75) is 128 Å². The lowest BCUT2D eigenvalue weighted by atomic mass is 10.0. The van der Waals surface area contributed by atoms with Gasteiger partial charge < -0.3 is 26.6 Å². The number of Topliss-reactive ketones (excluding diaryl/α,β-unsaturated/α-hetero) is 1. The fourth-order valence-electron chi connectivity index (χ4n) is 5.37. The molecule has 9 heteroatoms. The number of hydrogen-bond donors (Lipinski definition) is 0. The molecule has 0 aromatic heterocycles. The molecule has 0 aromatic carbocycles. The molecule has 0 rings (SSSR count). The summed E-state index contributed by atoms with van der Waals surface area (Å²) in [6.45, 7) is 4.35. The summed E-state index contributed by atoms with van der Waals surface area (Å²) in [4.78, 5) is 12.2. The summed E-state index contributed by atoms with van der Waals surface area (Å²) in [5.41, 5.74) is 0.701. The van der Waals surface area contributed by atoms with Crippen LogP contribution in [0, 0.1) is 0 Å². The summed E-state index contributed by atoms with van der Waals surface area (Å²) >= 11 is 0. The maximum atomic E-state index is 12.2. The number of rotatable bonds is 26. The summed E-state index contributed by atoms with van der Waals surface area (Å²) in [5, 5.41) is 0. The number of carbonyl (C=O) groups excluding carboxylic acids is 1. The molecule has 0 aromatic rings. The Kier molecular flexibility index (Phi) is 21.7. The van der Waals surface area contributed by atoms with E-state index in [1.165, 1.54) is 25.7 Å². The van der Waals surface area contributed by atoms with E-state index in [1.807, 2.05) is 0 Å². The van der Waals surface area contributed by atoms with Crippen LogP contribution < -0.4 is 0 Å². The third-order valence-corrected chi connectivity index (χ3v) is 14.5. The van der Waals surface area contributed by atoms with Crippen molar-refractivity contribution >= 4 is 23.4 Å². The van der Waals surface area contributed by atoms with Crippen LogP contribution in [0.15, 0.2) is 0 Å². The molecule has 0 aliphatic rings. The van der Waals surface area contributed by atoms with Gasteiger partial charge in [-0.25, -0.2) is 0 Å². The van der Waals surface area contributed by atoms with Crippen LogP contribution >= 0.6 is 0 Å². The van der Waals surface area contributed by atoms with Gasteiger partial charge in [-0.1, -0.05) is 65.2 Å². The van der Waals surface area contributed by atoms with Crippen molar-refractivity contribution in [1.82, 2.24) is 0 Å². The van der Waals surface area contributed by atoms with Crippen molar-refractivity contribution in [2.75, 3.05) is 42.7 Å². The maximum absolute atomic E-state index is 12.2. The Morgan fingerprint density at radius 2 is 0.778 bits per heavy atom. The molecule has 2 atom stereocenters. The first-order chi connectivity index (χ1) is 17.4. The molecule has 0 saturated carbocycles. The van der Waals surface area contributed by atoms with Crippen molar-refractivity contribution in [1.29, 1.82) is 0 Å². The van der Waals surface area contributed by atoms with Crippen molar-refractivity contribution in [2.24, 2.45) is 0 Å². The van der Waals surface area contributed by atoms with Crippen LogP contribution in [-0.2, 0) is 31.4 Å². The SMILES string of the molecule is CCC(CCCCCCCC(=O)CCCCCCCC(CC)[Si](OC)(OC)OC)[Si](OC)(OC)OC. The second-order valence-electron chi connectivity index (χ2n) is 9.79. The van der Waals surface area contributed by atoms with Gasteiger partial charge in [0.25, 0.3) is 0 Å². The zero-order valence-corrected chi connectivity index (χ0v) is 26.8. The minimum atomic E-state index is -2.54. The highest BCUT2D eigenvalue weighted by molar-refractivity contribution is 6.62. The van der Waals surface area contributed by atoms with Gasteiger partial charge in [-0.2, -0.15) is 0 Å². The largest absolute Gasteiger partial charge is 0.503 e. The highest BCUT2D eigenvalue weighted by Crippen LogP contribution is 2.33. The summed E-state index contributed by atoms with van der Waals surface area (Å²) in [7, 11) is 5.09. The fourth-order valence-corrected chi connectivity index (χ4v) is 10.5. The molecule has 2 unspecified atom stereocenters. The monoisotopic (exact) mass is 550 g/mol. The summed E-state index contributed by atoms with van der Waals surface area (Å²) < 4.78 is 33.9. The predicted octanol–water partition coefficient (Wildman–Crippen LogP) is 7.33. The molecule has 7 nitrogen and oxygen atoms in total. The lowest BCUT2D eigenvalue weighted by molar-refractivity contribution is -0.119. The molecule has 0 aliphatic heterocycles. The highest BCUT2D eigenvalue weighted by Gasteiger charge is 2.46. The van der Waals surface area contributed by atoms with E-state index in [4.69, 9.17) is 26.6 Å². The molecule has 0 bridgehead atoms. The van der Waals surface area contributed by atoms with Crippen molar-refractivity contribution in [3.05, 3.63) is 0 Å². The first kappa shape index (κ1) is 35.9. The lowest BCUT2D eigenvalue weighted by Crippen LogP contribution is -2.47. The zero-order chi connectivity index (χ0) is 27.3. The van der Waals surface area contributed by atoms with Gasteiger partial charge in [0.05, 0.1) is 0 Å². The lowest BCUT2D eigenvalue weighted by Gasteiger charge is -2.31. The maximum Gasteiger partial charge on any atom is 0.503 e. The minimum Gasteiger partial charge on any atom is -0.377 e. The van der Waals surface area contributed by atoms with Crippen LogP contribution in [0.4, 0.5) is 0 Å². The first-order valence-electron chi connectivity index (χ1n) is 14.2. The van der Waals surface area contributed by atoms with Gasteiger partial charge in [-0.3, -0.25) is 4.79 Å². The molecule has 0 spiro atoms. The summed E-state index contributed by atoms with van der Waals surface area (Å²) in [6.07, 6.45) is 17.0. The smallest absolute Gasteiger partial charge is 0.377 e. The van der Waals surface area contributed by atoms with E-state index in [0.717, 1.165) is 77.0 Å². The quantitative estimate of drug-likeness (QED) is 0.0824. The van der Waals surface area contributed by atoms with Gasteiger partial charge in [0.2, 0.25) is 0 Å². The van der Waals surface area contributed by atoms with Crippen LogP contribution in [0.25, 0.3) is 0 Å². The van der Waals surface area contributed by atoms with E-state index < -0.39 is 17.6 Å². The topological polar surface area (TPSA) is 72.5 Å². The van der Waals surface area contributed by atoms with Crippen LogP contribution in [0.3, 0.4) is 0 Å². The van der Waals surface area contributed by atoms with E-state index in [2.05, 4.69) is 13.8 Å². The van der Waals surface area contributed by atoms with E-state index in [-0.39, 0.29) is 0 Å². The van der Waals surface area contributed by atoms with Crippen LogP contribution in [-0.4, -0.2) is 66.1 Å².